The summed E-state index contributed by atoms with van der Waals surface area (Å²) < 4.78 is 11.1. The number of aliphatic hydroxyl groups excluding tert-OH is 1. The second-order valence-corrected chi connectivity index (χ2v) is 9.71. The third-order valence-electron chi connectivity index (χ3n) is 4.72. The SMILES string of the molecule is CO[Si](C)(OC)c1ccc(-c2ccc(CC(C(C)=O)=C(C)O)cc2)cc1. The van der Waals surface area contributed by atoms with E-state index in [-0.39, 0.29) is 11.5 Å². The average Bonchev–Trinajstić information content (AvgIpc) is 2.65. The molecule has 0 bridgehead atoms. The highest BCUT2D eigenvalue weighted by atomic mass is 28.4. The summed E-state index contributed by atoms with van der Waals surface area (Å²) in [5, 5.41) is 10.7. The van der Waals surface area contributed by atoms with E-state index in [1.165, 1.54) is 6.92 Å². The van der Waals surface area contributed by atoms with Crippen LogP contribution in [-0.4, -0.2) is 33.7 Å². The average molecular weight is 371 g/mol. The Morgan fingerprint density at radius 2 is 1.38 bits per heavy atom. The molecule has 0 aromatic heterocycles. The maximum Gasteiger partial charge on any atom is 0.368 e. The first-order chi connectivity index (χ1) is 12.3. The summed E-state index contributed by atoms with van der Waals surface area (Å²) in [6.07, 6.45) is 0.433. The van der Waals surface area contributed by atoms with Gasteiger partial charge in [0.25, 0.3) is 0 Å². The van der Waals surface area contributed by atoms with Crippen molar-refractivity contribution in [3.05, 3.63) is 65.4 Å². The molecule has 26 heavy (non-hydrogen) atoms. The van der Waals surface area contributed by atoms with Crippen LogP contribution in [0.3, 0.4) is 0 Å². The lowest BCUT2D eigenvalue weighted by Crippen LogP contribution is -2.49. The lowest BCUT2D eigenvalue weighted by atomic mass is 9.98. The minimum Gasteiger partial charge on any atom is -0.512 e. The number of Topliss-reactive ketones (excluding diaryl/α,β-unsaturated/α-hetero) is 1. The van der Waals surface area contributed by atoms with Crippen LogP contribution in [0.2, 0.25) is 6.55 Å². The molecule has 0 aliphatic rings. The zero-order chi connectivity index (χ0) is 19.3. The number of carbonyl (C=O) groups is 1. The highest BCUT2D eigenvalue weighted by molar-refractivity contribution is 6.79. The molecule has 0 amide bonds. The summed E-state index contributed by atoms with van der Waals surface area (Å²) >= 11 is 0. The number of hydrogen-bond donors (Lipinski definition) is 1. The van der Waals surface area contributed by atoms with Gasteiger partial charge in [-0.15, -0.1) is 0 Å². The van der Waals surface area contributed by atoms with Gasteiger partial charge < -0.3 is 14.0 Å². The molecule has 0 unspecified atom stereocenters. The third-order valence-corrected chi connectivity index (χ3v) is 7.66. The van der Waals surface area contributed by atoms with Crippen molar-refractivity contribution >= 4 is 19.5 Å². The van der Waals surface area contributed by atoms with E-state index >= 15 is 0 Å². The molecule has 2 rings (SSSR count). The minimum atomic E-state index is -2.31. The molecule has 138 valence electrons. The minimum absolute atomic E-state index is 0.0840. The normalized spacial score (nSPS) is 12.7. The van der Waals surface area contributed by atoms with Gasteiger partial charge in [-0.3, -0.25) is 4.79 Å². The van der Waals surface area contributed by atoms with Crippen LogP contribution in [-0.2, 0) is 20.1 Å². The lowest BCUT2D eigenvalue weighted by Gasteiger charge is -2.23. The molecule has 0 aliphatic heterocycles. The molecule has 0 saturated carbocycles. The van der Waals surface area contributed by atoms with E-state index in [4.69, 9.17) is 8.85 Å². The second kappa shape index (κ2) is 8.45. The van der Waals surface area contributed by atoms with Crippen LogP contribution in [0.4, 0.5) is 0 Å². The first kappa shape index (κ1) is 20.1. The number of allylic oxidation sites excluding steroid dienone is 2. The third kappa shape index (κ3) is 4.49. The molecule has 0 fully saturated rings. The number of carbonyl (C=O) groups excluding carboxylic acids is 1. The van der Waals surface area contributed by atoms with E-state index in [2.05, 4.69) is 12.1 Å². The van der Waals surface area contributed by atoms with Crippen LogP contribution in [0.15, 0.2) is 59.9 Å². The van der Waals surface area contributed by atoms with Gasteiger partial charge >= 0.3 is 8.56 Å². The van der Waals surface area contributed by atoms with Crippen LogP contribution >= 0.6 is 0 Å². The summed E-state index contributed by atoms with van der Waals surface area (Å²) in [5.74, 6) is -0.0196. The van der Waals surface area contributed by atoms with Gasteiger partial charge in [-0.05, 0) is 42.3 Å². The molecule has 0 saturated heterocycles. The van der Waals surface area contributed by atoms with Crippen molar-refractivity contribution < 1.29 is 18.8 Å². The largest absolute Gasteiger partial charge is 0.512 e. The van der Waals surface area contributed by atoms with Gasteiger partial charge in [0, 0.05) is 26.2 Å². The fourth-order valence-electron chi connectivity index (χ4n) is 2.81. The summed E-state index contributed by atoms with van der Waals surface area (Å²) in [6.45, 7) is 5.03. The predicted molar refractivity (Wildman–Crippen MR) is 107 cm³/mol. The molecule has 0 heterocycles. The van der Waals surface area contributed by atoms with Gasteiger partial charge in [0.2, 0.25) is 0 Å². The zero-order valence-corrected chi connectivity index (χ0v) is 17.0. The molecule has 0 spiro atoms. The van der Waals surface area contributed by atoms with E-state index in [9.17, 15) is 9.90 Å². The van der Waals surface area contributed by atoms with Crippen LogP contribution in [0.1, 0.15) is 19.4 Å². The molecule has 5 heteroatoms. The Hall–Kier alpha value is -2.21. The van der Waals surface area contributed by atoms with E-state index < -0.39 is 8.56 Å². The van der Waals surface area contributed by atoms with Crippen LogP contribution < -0.4 is 5.19 Å². The highest BCUT2D eigenvalue weighted by Crippen LogP contribution is 2.21. The summed E-state index contributed by atoms with van der Waals surface area (Å²) in [4.78, 5) is 11.6. The van der Waals surface area contributed by atoms with Crippen molar-refractivity contribution in [2.45, 2.75) is 26.8 Å². The van der Waals surface area contributed by atoms with Crippen molar-refractivity contribution in [2.75, 3.05) is 14.2 Å². The second-order valence-electron chi connectivity index (χ2n) is 6.43. The Balaban J connectivity index is 2.21. The first-order valence-electron chi connectivity index (χ1n) is 8.50. The fourth-order valence-corrected chi connectivity index (χ4v) is 4.22. The van der Waals surface area contributed by atoms with Crippen molar-refractivity contribution in [1.29, 1.82) is 0 Å². The van der Waals surface area contributed by atoms with Gasteiger partial charge in [0.1, 0.15) is 0 Å². The highest BCUT2D eigenvalue weighted by Gasteiger charge is 2.31. The molecular weight excluding hydrogens is 344 g/mol. The summed E-state index contributed by atoms with van der Waals surface area (Å²) in [5.41, 5.74) is 3.63. The summed E-state index contributed by atoms with van der Waals surface area (Å²) in [6, 6.07) is 16.2. The Bertz CT molecular complexity index is 784. The molecular formula is C21H26O4Si. The zero-order valence-electron chi connectivity index (χ0n) is 16.0. The van der Waals surface area contributed by atoms with Gasteiger partial charge in [-0.2, -0.15) is 0 Å². The topological polar surface area (TPSA) is 55.8 Å². The van der Waals surface area contributed by atoms with Crippen molar-refractivity contribution in [3.8, 4) is 11.1 Å². The molecule has 0 aliphatic carbocycles. The standard InChI is InChI=1S/C21H26O4Si/c1-15(22)21(16(2)23)14-17-6-8-18(9-7-17)19-10-12-20(13-11-19)26(5,24-3)25-4/h6-13,22H,14H2,1-5H3. The van der Waals surface area contributed by atoms with E-state index in [1.807, 2.05) is 42.9 Å². The van der Waals surface area contributed by atoms with E-state index in [1.54, 1.807) is 21.1 Å². The quantitative estimate of drug-likeness (QED) is 0.456. The fraction of sp³-hybridized carbons (Fsp3) is 0.286. The van der Waals surface area contributed by atoms with Crippen molar-refractivity contribution in [2.24, 2.45) is 0 Å². The van der Waals surface area contributed by atoms with Gasteiger partial charge in [0.15, 0.2) is 5.78 Å². The molecule has 2 aromatic rings. The lowest BCUT2D eigenvalue weighted by molar-refractivity contribution is -0.113. The van der Waals surface area contributed by atoms with Crippen molar-refractivity contribution in [3.63, 3.8) is 0 Å². The smallest absolute Gasteiger partial charge is 0.368 e. The monoisotopic (exact) mass is 370 g/mol. The number of aliphatic hydroxyl groups is 1. The number of ketones is 1. The first-order valence-corrected chi connectivity index (χ1v) is 10.8. The molecule has 0 atom stereocenters. The summed E-state index contributed by atoms with van der Waals surface area (Å²) in [7, 11) is 1.05. The molecule has 1 N–H and O–H groups in total. The van der Waals surface area contributed by atoms with Crippen LogP contribution in [0, 0.1) is 0 Å². The Morgan fingerprint density at radius 1 is 0.923 bits per heavy atom. The van der Waals surface area contributed by atoms with Crippen LogP contribution in [0.5, 0.6) is 0 Å². The molecule has 0 radical (unpaired) electrons. The molecule has 4 nitrogen and oxygen atoms in total. The Labute approximate surface area is 156 Å². The number of hydrogen-bond acceptors (Lipinski definition) is 4. The number of benzene rings is 2. The van der Waals surface area contributed by atoms with Gasteiger partial charge in [0.05, 0.1) is 5.76 Å². The Morgan fingerprint density at radius 3 is 1.77 bits per heavy atom. The molecule has 2 aromatic carbocycles. The maximum atomic E-state index is 11.6. The number of rotatable bonds is 7. The Kier molecular flexibility index (Phi) is 6.53. The maximum absolute atomic E-state index is 11.6. The van der Waals surface area contributed by atoms with E-state index in [0.29, 0.717) is 12.0 Å². The van der Waals surface area contributed by atoms with Crippen LogP contribution in [0.25, 0.3) is 11.1 Å². The van der Waals surface area contributed by atoms with E-state index in [0.717, 1.165) is 21.9 Å². The predicted octanol–water partition coefficient (Wildman–Crippen LogP) is 3.89. The van der Waals surface area contributed by atoms with Crippen molar-refractivity contribution in [1.82, 2.24) is 0 Å². The van der Waals surface area contributed by atoms with Gasteiger partial charge in [-0.1, -0.05) is 48.5 Å². The van der Waals surface area contributed by atoms with Gasteiger partial charge in [-0.25, -0.2) is 0 Å².